The molecule has 3 fully saturated rings. The monoisotopic (exact) mass is 500 g/mol. The van der Waals surface area contributed by atoms with Crippen molar-refractivity contribution in [3.8, 4) is 0 Å². The minimum Gasteiger partial charge on any atom is -0.459 e. The van der Waals surface area contributed by atoms with Crippen molar-refractivity contribution in [3.05, 3.63) is 64.5 Å². The summed E-state index contributed by atoms with van der Waals surface area (Å²) in [5.41, 5.74) is -0.462. The average Bonchev–Trinajstić information content (AvgIpc) is 3.37. The largest absolute Gasteiger partial charge is 0.459 e. The molecular formula is C22H20N4O6S2. The molecule has 10 nitrogen and oxygen atoms in total. The van der Waals surface area contributed by atoms with Crippen LogP contribution in [0.4, 0.5) is 5.69 Å². The predicted molar refractivity (Wildman–Crippen MR) is 124 cm³/mol. The summed E-state index contributed by atoms with van der Waals surface area (Å²) in [5.74, 6) is -0.853. The van der Waals surface area contributed by atoms with Gasteiger partial charge < -0.3 is 15.0 Å². The summed E-state index contributed by atoms with van der Waals surface area (Å²) in [6, 6.07) is 8.71. The molecule has 4 atom stereocenters. The van der Waals surface area contributed by atoms with E-state index in [4.69, 9.17) is 4.74 Å². The second kappa shape index (κ2) is 8.27. The first-order valence-electron chi connectivity index (χ1n) is 10.5. The third-order valence-corrected chi connectivity index (χ3v) is 9.11. The number of aromatic nitrogens is 1. The number of pyridine rings is 1. The molecular weight excluding hydrogens is 480 g/mol. The van der Waals surface area contributed by atoms with Gasteiger partial charge in [0.05, 0.1) is 15.4 Å². The third kappa shape index (κ3) is 3.61. The van der Waals surface area contributed by atoms with Gasteiger partial charge in [0.1, 0.15) is 18.0 Å². The van der Waals surface area contributed by atoms with Crippen molar-refractivity contribution >= 4 is 47.0 Å². The first kappa shape index (κ1) is 22.7. The van der Waals surface area contributed by atoms with E-state index in [1.165, 1.54) is 47.8 Å². The maximum absolute atomic E-state index is 13.1. The van der Waals surface area contributed by atoms with Crippen LogP contribution in [0.25, 0.3) is 0 Å². The standard InChI is InChI=1S/C22H20N4O6S2/c1-21-12-22(21,20(29)32-10-13-2-4-14(5-3-13)26(30)31)25-18(28)17(19(25)34-21)24-16(27)11-33-15-6-8-23-9-7-15/h2-9,17,19H,10-12H2,1H3,(H,24,27)/t17-,19-,21-,22-/m1/s1. The summed E-state index contributed by atoms with van der Waals surface area (Å²) >= 11 is 2.87. The summed E-state index contributed by atoms with van der Waals surface area (Å²) in [6.07, 6.45) is 3.79. The van der Waals surface area contributed by atoms with Crippen LogP contribution in [0.1, 0.15) is 18.9 Å². The van der Waals surface area contributed by atoms with E-state index in [-0.39, 0.29) is 35.2 Å². The van der Waals surface area contributed by atoms with Gasteiger partial charge in [0, 0.05) is 35.8 Å². The molecule has 1 saturated carbocycles. The number of carbonyl (C=O) groups is 3. The Balaban J connectivity index is 1.18. The van der Waals surface area contributed by atoms with E-state index < -0.39 is 27.2 Å². The first-order chi connectivity index (χ1) is 16.2. The van der Waals surface area contributed by atoms with Gasteiger partial charge in [-0.3, -0.25) is 24.7 Å². The zero-order chi connectivity index (χ0) is 24.1. The van der Waals surface area contributed by atoms with Crippen LogP contribution in [0.15, 0.2) is 53.7 Å². The smallest absolute Gasteiger partial charge is 0.333 e. The number of benzene rings is 1. The van der Waals surface area contributed by atoms with E-state index in [2.05, 4.69) is 10.3 Å². The molecule has 0 spiro atoms. The van der Waals surface area contributed by atoms with Gasteiger partial charge in [0.25, 0.3) is 5.69 Å². The van der Waals surface area contributed by atoms with E-state index in [1.54, 1.807) is 29.4 Å². The molecule has 2 amide bonds. The average molecular weight is 501 g/mol. The van der Waals surface area contributed by atoms with Gasteiger partial charge in [0.15, 0.2) is 5.54 Å². The normalized spacial score (nSPS) is 28.4. The number of β-lactam (4-membered cyclic amide) rings is 1. The number of nitrogens with one attached hydrogen (secondary N) is 1. The van der Waals surface area contributed by atoms with Crippen LogP contribution in [0.3, 0.4) is 0 Å². The molecule has 176 valence electrons. The molecule has 2 aliphatic heterocycles. The highest BCUT2D eigenvalue weighted by Gasteiger charge is 2.85. The molecule has 34 heavy (non-hydrogen) atoms. The van der Waals surface area contributed by atoms with Crippen LogP contribution >= 0.6 is 23.5 Å². The predicted octanol–water partition coefficient (Wildman–Crippen LogP) is 2.13. The minimum absolute atomic E-state index is 0.0432. The fourth-order valence-electron chi connectivity index (χ4n) is 4.48. The summed E-state index contributed by atoms with van der Waals surface area (Å²) in [6.45, 7) is 1.88. The number of ether oxygens (including phenoxy) is 1. The maximum Gasteiger partial charge on any atom is 0.333 e. The number of carbonyl (C=O) groups excluding carboxylic acids is 3. The number of fused-ring (bicyclic) bond motifs is 3. The lowest BCUT2D eigenvalue weighted by molar-refractivity contribution is -0.384. The van der Waals surface area contributed by atoms with E-state index >= 15 is 0 Å². The van der Waals surface area contributed by atoms with Crippen molar-refractivity contribution in [2.45, 2.75) is 46.5 Å². The van der Waals surface area contributed by atoms with Crippen molar-refractivity contribution in [3.63, 3.8) is 0 Å². The van der Waals surface area contributed by atoms with Crippen LogP contribution in [0.5, 0.6) is 0 Å². The Morgan fingerprint density at radius 3 is 2.68 bits per heavy atom. The molecule has 2 aromatic rings. The molecule has 1 aromatic carbocycles. The number of nitro groups is 1. The van der Waals surface area contributed by atoms with Crippen molar-refractivity contribution in [2.24, 2.45) is 0 Å². The van der Waals surface area contributed by atoms with Gasteiger partial charge in [0.2, 0.25) is 11.8 Å². The summed E-state index contributed by atoms with van der Waals surface area (Å²) in [7, 11) is 0. The highest BCUT2D eigenvalue weighted by atomic mass is 32.2. The van der Waals surface area contributed by atoms with Crippen molar-refractivity contribution in [2.75, 3.05) is 5.75 Å². The number of esters is 1. The first-order valence-corrected chi connectivity index (χ1v) is 12.4. The van der Waals surface area contributed by atoms with Crippen molar-refractivity contribution in [1.29, 1.82) is 0 Å². The Morgan fingerprint density at radius 1 is 1.29 bits per heavy atom. The number of nitrogens with zero attached hydrogens (tertiary/aromatic N) is 3. The second-order valence-corrected chi connectivity index (χ2v) is 11.2. The Hall–Kier alpha value is -3.12. The quantitative estimate of drug-likeness (QED) is 0.190. The summed E-state index contributed by atoms with van der Waals surface area (Å²) in [4.78, 5) is 55.1. The molecule has 3 heterocycles. The van der Waals surface area contributed by atoms with Crippen LogP contribution < -0.4 is 5.32 Å². The number of nitro benzene ring substituents is 1. The molecule has 1 aromatic heterocycles. The molecule has 0 bridgehead atoms. The zero-order valence-corrected chi connectivity index (χ0v) is 19.6. The molecule has 12 heteroatoms. The number of hydrogen-bond acceptors (Lipinski definition) is 9. The molecule has 3 aliphatic rings. The van der Waals surface area contributed by atoms with E-state index in [9.17, 15) is 24.5 Å². The highest BCUT2D eigenvalue weighted by molar-refractivity contribution is 8.02. The molecule has 0 radical (unpaired) electrons. The van der Waals surface area contributed by atoms with Gasteiger partial charge >= 0.3 is 5.97 Å². The Labute approximate surface area is 203 Å². The molecule has 1 N–H and O–H groups in total. The van der Waals surface area contributed by atoms with E-state index in [1.807, 2.05) is 6.92 Å². The minimum atomic E-state index is -1.03. The van der Waals surface area contributed by atoms with Gasteiger partial charge in [-0.1, -0.05) is 0 Å². The second-order valence-electron chi connectivity index (χ2n) is 8.50. The van der Waals surface area contributed by atoms with Gasteiger partial charge in [-0.25, -0.2) is 4.79 Å². The maximum atomic E-state index is 13.1. The van der Waals surface area contributed by atoms with Crippen molar-refractivity contribution < 1.29 is 24.0 Å². The molecule has 1 aliphatic carbocycles. The van der Waals surface area contributed by atoms with E-state index in [0.717, 1.165) is 4.90 Å². The van der Waals surface area contributed by atoms with Crippen LogP contribution in [0, 0.1) is 10.1 Å². The third-order valence-electron chi connectivity index (χ3n) is 6.37. The number of thioether (sulfide) groups is 2. The lowest BCUT2D eigenvalue weighted by atomic mass is 10.0. The Bertz CT molecular complexity index is 1180. The topological polar surface area (TPSA) is 132 Å². The number of rotatable bonds is 8. The lowest BCUT2D eigenvalue weighted by Crippen LogP contribution is -2.72. The zero-order valence-electron chi connectivity index (χ0n) is 18.0. The molecule has 5 rings (SSSR count). The number of hydrogen-bond donors (Lipinski definition) is 1. The Morgan fingerprint density at radius 2 is 2.00 bits per heavy atom. The fraction of sp³-hybridized carbons (Fsp3) is 0.364. The summed E-state index contributed by atoms with van der Waals surface area (Å²) < 4.78 is 5.05. The van der Waals surface area contributed by atoms with Crippen LogP contribution in [-0.4, -0.2) is 60.0 Å². The summed E-state index contributed by atoms with van der Waals surface area (Å²) in [5, 5.41) is 13.3. The number of non-ortho nitro benzene ring substituents is 1. The lowest BCUT2D eigenvalue weighted by Gasteiger charge is -2.46. The molecule has 0 unspecified atom stereocenters. The highest BCUT2D eigenvalue weighted by Crippen LogP contribution is 2.72. The van der Waals surface area contributed by atoms with Crippen LogP contribution in [0.2, 0.25) is 0 Å². The fourth-order valence-corrected chi connectivity index (χ4v) is 7.09. The number of amides is 2. The SMILES string of the molecule is C[C@@]12C[C@]1(C(=O)OCc1ccc([N+](=O)[O-])cc1)N1C(=O)[C@@H](NC(=O)CSc3ccncc3)[C@H]1S2. The molecule has 2 saturated heterocycles. The van der Waals surface area contributed by atoms with Gasteiger partial charge in [-0.05, 0) is 36.8 Å². The van der Waals surface area contributed by atoms with Gasteiger partial charge in [-0.2, -0.15) is 0 Å². The van der Waals surface area contributed by atoms with Gasteiger partial charge in [-0.15, -0.1) is 23.5 Å². The van der Waals surface area contributed by atoms with Crippen molar-refractivity contribution in [1.82, 2.24) is 15.2 Å². The van der Waals surface area contributed by atoms with E-state index in [0.29, 0.717) is 12.0 Å². The Kier molecular flexibility index (Phi) is 5.52. The van der Waals surface area contributed by atoms with Crippen LogP contribution in [-0.2, 0) is 25.7 Å².